The third-order valence-corrected chi connectivity index (χ3v) is 3.15. The van der Waals surface area contributed by atoms with Gasteiger partial charge in [-0.15, -0.1) is 0 Å². The van der Waals surface area contributed by atoms with Crippen LogP contribution in [-0.4, -0.2) is 14.9 Å². The number of rotatable bonds is 2. The molecule has 1 aromatic rings. The van der Waals surface area contributed by atoms with Gasteiger partial charge in [-0.1, -0.05) is 19.3 Å². The van der Waals surface area contributed by atoms with Gasteiger partial charge in [-0.05, 0) is 12.8 Å². The molecule has 2 rings (SSSR count). The molecule has 1 saturated carbocycles. The van der Waals surface area contributed by atoms with Gasteiger partial charge in [0.25, 0.3) is 0 Å². The number of aromatic amines is 1. The van der Waals surface area contributed by atoms with E-state index in [1.54, 1.807) is 0 Å². The zero-order valence-electron chi connectivity index (χ0n) is 8.85. The third kappa shape index (κ3) is 1.98. The van der Waals surface area contributed by atoms with Gasteiger partial charge < -0.3 is 5.11 Å². The molecule has 0 radical (unpaired) electrons. The fraction of sp³-hybridized carbons (Fsp3) is 0.800. The van der Waals surface area contributed by atoms with Gasteiger partial charge in [0, 0.05) is 0 Å². The Bertz CT molecular complexity index is 347. The van der Waals surface area contributed by atoms with Crippen molar-refractivity contribution in [1.82, 2.24) is 9.78 Å². The molecule has 6 heteroatoms. The first kappa shape index (κ1) is 11.6. The fourth-order valence-electron chi connectivity index (χ4n) is 2.38. The van der Waals surface area contributed by atoms with E-state index < -0.39 is 18.5 Å². The summed E-state index contributed by atoms with van der Waals surface area (Å²) in [4.78, 5) is 0. The molecule has 3 nitrogen and oxygen atoms in total. The van der Waals surface area contributed by atoms with Gasteiger partial charge in [-0.3, -0.25) is 9.78 Å². The molecule has 0 atom stereocenters. The highest BCUT2D eigenvalue weighted by Gasteiger charge is 2.41. The van der Waals surface area contributed by atoms with Crippen LogP contribution in [0.4, 0.5) is 13.2 Å². The Labute approximate surface area is 91.2 Å². The molecule has 1 aliphatic carbocycles. The standard InChI is InChI=1S/C10H15F3N2O/c11-10(12,13)9-8(6-16)14-15(9)7-4-2-1-3-5-7/h7,14,16H,1-6H2. The number of alkyl halides is 3. The predicted octanol–water partition coefficient (Wildman–Crippen LogP) is 2.83. The van der Waals surface area contributed by atoms with Crippen molar-refractivity contribution < 1.29 is 18.3 Å². The number of nitrogens with zero attached hydrogens (tertiary/aromatic N) is 1. The van der Waals surface area contributed by atoms with Crippen molar-refractivity contribution in [1.29, 1.82) is 0 Å². The highest BCUT2D eigenvalue weighted by atomic mass is 19.4. The SMILES string of the molecule is OCc1[nH]n(C2CCCCC2)c1C(F)(F)F. The van der Waals surface area contributed by atoms with Crippen LogP contribution in [0.5, 0.6) is 0 Å². The zero-order valence-corrected chi connectivity index (χ0v) is 8.85. The monoisotopic (exact) mass is 236 g/mol. The molecule has 0 aromatic carbocycles. The number of halogens is 3. The second-order valence-electron chi connectivity index (χ2n) is 4.26. The van der Waals surface area contributed by atoms with Crippen molar-refractivity contribution >= 4 is 0 Å². The van der Waals surface area contributed by atoms with E-state index in [-0.39, 0.29) is 11.7 Å². The molecule has 0 saturated heterocycles. The first-order valence-corrected chi connectivity index (χ1v) is 5.51. The lowest BCUT2D eigenvalue weighted by Crippen LogP contribution is -2.32. The minimum Gasteiger partial charge on any atom is -0.390 e. The number of nitrogens with one attached hydrogen (secondary N) is 1. The summed E-state index contributed by atoms with van der Waals surface area (Å²) in [7, 11) is 0. The second kappa shape index (κ2) is 4.16. The van der Waals surface area contributed by atoms with E-state index in [4.69, 9.17) is 5.11 Å². The van der Waals surface area contributed by atoms with E-state index in [0.717, 1.165) is 32.1 Å². The number of aliphatic hydroxyl groups is 1. The largest absolute Gasteiger partial charge is 0.434 e. The van der Waals surface area contributed by atoms with Crippen LogP contribution in [0.25, 0.3) is 0 Å². The first-order chi connectivity index (χ1) is 7.54. The minimum absolute atomic E-state index is 0.0827. The predicted molar refractivity (Wildman–Crippen MR) is 51.8 cm³/mol. The Kier molecular flexibility index (Phi) is 3.01. The lowest BCUT2D eigenvalue weighted by atomic mass is 9.95. The average molecular weight is 236 g/mol. The summed E-state index contributed by atoms with van der Waals surface area (Å²) in [5.74, 6) is 0. The Hall–Kier alpha value is -0.910. The Morgan fingerprint density at radius 1 is 1.25 bits per heavy atom. The molecule has 16 heavy (non-hydrogen) atoms. The van der Waals surface area contributed by atoms with Crippen LogP contribution in [0.2, 0.25) is 0 Å². The van der Waals surface area contributed by atoms with Gasteiger partial charge in [0.15, 0.2) is 5.69 Å². The molecule has 1 heterocycles. The van der Waals surface area contributed by atoms with Crippen LogP contribution in [0, 0.1) is 0 Å². The van der Waals surface area contributed by atoms with Gasteiger partial charge in [-0.2, -0.15) is 13.2 Å². The maximum Gasteiger partial charge on any atom is 0.434 e. The molecular formula is C10H15F3N2O. The van der Waals surface area contributed by atoms with Gasteiger partial charge >= 0.3 is 6.18 Å². The highest BCUT2D eigenvalue weighted by Crippen LogP contribution is 2.38. The van der Waals surface area contributed by atoms with E-state index in [2.05, 4.69) is 5.10 Å². The zero-order chi connectivity index (χ0) is 11.8. The fourth-order valence-corrected chi connectivity index (χ4v) is 2.38. The Morgan fingerprint density at radius 2 is 1.88 bits per heavy atom. The van der Waals surface area contributed by atoms with Crippen LogP contribution in [0.1, 0.15) is 49.5 Å². The van der Waals surface area contributed by atoms with Crippen LogP contribution in [0.3, 0.4) is 0 Å². The lowest BCUT2D eigenvalue weighted by molar-refractivity contribution is -0.151. The van der Waals surface area contributed by atoms with E-state index in [1.165, 1.54) is 4.68 Å². The third-order valence-electron chi connectivity index (χ3n) is 3.15. The van der Waals surface area contributed by atoms with E-state index in [9.17, 15) is 13.2 Å². The van der Waals surface area contributed by atoms with Gasteiger partial charge in [0.1, 0.15) is 0 Å². The highest BCUT2D eigenvalue weighted by molar-refractivity contribution is 5.18. The number of hydrogen-bond acceptors (Lipinski definition) is 1. The summed E-state index contributed by atoms with van der Waals surface area (Å²) in [5.41, 5.74) is -0.806. The minimum atomic E-state index is -4.37. The second-order valence-corrected chi connectivity index (χ2v) is 4.26. The molecule has 0 bridgehead atoms. The smallest absolute Gasteiger partial charge is 0.390 e. The molecule has 2 N–H and O–H groups in total. The molecule has 0 unspecified atom stereocenters. The normalized spacial score (nSPS) is 19.2. The van der Waals surface area contributed by atoms with Crippen LogP contribution >= 0.6 is 0 Å². The van der Waals surface area contributed by atoms with E-state index in [1.807, 2.05) is 0 Å². The van der Waals surface area contributed by atoms with Crippen molar-refractivity contribution in [3.05, 3.63) is 11.4 Å². The molecular weight excluding hydrogens is 221 g/mol. The summed E-state index contributed by atoms with van der Waals surface area (Å²) in [6.45, 7) is -0.585. The van der Waals surface area contributed by atoms with Crippen LogP contribution < -0.4 is 0 Å². The maximum atomic E-state index is 12.7. The topological polar surface area (TPSA) is 40.9 Å². The molecule has 1 fully saturated rings. The number of aliphatic hydroxyl groups excluding tert-OH is 1. The van der Waals surface area contributed by atoms with Crippen molar-refractivity contribution in [2.24, 2.45) is 0 Å². The summed E-state index contributed by atoms with van der Waals surface area (Å²) in [6.07, 6.45) is 0.241. The molecule has 0 amide bonds. The number of aromatic nitrogens is 2. The quantitative estimate of drug-likeness (QED) is 0.814. The number of hydrogen-bond donors (Lipinski definition) is 2. The summed E-state index contributed by atoms with van der Waals surface area (Å²) < 4.78 is 39.3. The Morgan fingerprint density at radius 3 is 2.38 bits per heavy atom. The Balaban J connectivity index is 2.22. The summed E-state index contributed by atoms with van der Waals surface area (Å²) in [5, 5.41) is 11.4. The van der Waals surface area contributed by atoms with E-state index in [0.29, 0.717) is 0 Å². The van der Waals surface area contributed by atoms with Crippen molar-refractivity contribution in [3.63, 3.8) is 0 Å². The van der Waals surface area contributed by atoms with E-state index >= 15 is 0 Å². The van der Waals surface area contributed by atoms with Crippen molar-refractivity contribution in [3.8, 4) is 0 Å². The van der Waals surface area contributed by atoms with Gasteiger partial charge in [-0.25, -0.2) is 0 Å². The summed E-state index contributed by atoms with van der Waals surface area (Å²) in [6, 6.07) is -0.0827. The maximum absolute atomic E-state index is 12.7. The molecule has 1 aromatic heterocycles. The average Bonchev–Trinajstić information content (AvgIpc) is 2.16. The van der Waals surface area contributed by atoms with Gasteiger partial charge in [0.2, 0.25) is 0 Å². The van der Waals surface area contributed by atoms with Crippen molar-refractivity contribution in [2.75, 3.05) is 0 Å². The molecule has 0 spiro atoms. The number of H-pyrrole nitrogens is 1. The molecule has 0 aliphatic heterocycles. The lowest BCUT2D eigenvalue weighted by Gasteiger charge is -2.32. The van der Waals surface area contributed by atoms with Crippen LogP contribution in [-0.2, 0) is 12.8 Å². The first-order valence-electron chi connectivity index (χ1n) is 5.51. The summed E-state index contributed by atoms with van der Waals surface area (Å²) >= 11 is 0. The van der Waals surface area contributed by atoms with Gasteiger partial charge in [0.05, 0.1) is 18.3 Å². The molecule has 1 aliphatic rings. The molecule has 92 valence electrons. The van der Waals surface area contributed by atoms with Crippen molar-refractivity contribution in [2.45, 2.75) is 50.9 Å². The van der Waals surface area contributed by atoms with Crippen LogP contribution in [0.15, 0.2) is 0 Å².